The lowest BCUT2D eigenvalue weighted by molar-refractivity contribution is -0.137. The molecule has 5 heteroatoms. The maximum atomic E-state index is 11.3. The smallest absolute Gasteiger partial charge is 0.332 e. The highest BCUT2D eigenvalue weighted by Crippen LogP contribution is 2.20. The van der Waals surface area contributed by atoms with E-state index in [4.69, 9.17) is 8.85 Å². The first-order valence-corrected chi connectivity index (χ1v) is 12.4. The molecule has 0 atom stereocenters. The zero-order valence-corrected chi connectivity index (χ0v) is 14.1. The zero-order chi connectivity index (χ0) is 13.7. The topological polar surface area (TPSA) is 35.5 Å². The van der Waals surface area contributed by atoms with E-state index in [0.29, 0.717) is 11.8 Å². The van der Waals surface area contributed by atoms with E-state index in [2.05, 4.69) is 39.7 Å². The monoisotopic (exact) mass is 274 g/mol. The van der Waals surface area contributed by atoms with E-state index in [1.807, 2.05) is 0 Å². The minimum absolute atomic E-state index is 0.316. The third-order valence-corrected chi connectivity index (χ3v) is 9.27. The average Bonchev–Trinajstić information content (AvgIpc) is 2.11. The maximum absolute atomic E-state index is 11.3. The first kappa shape index (κ1) is 16.6. The molecule has 0 aliphatic heterocycles. The lowest BCUT2D eigenvalue weighted by Crippen LogP contribution is -2.48. The summed E-state index contributed by atoms with van der Waals surface area (Å²) in [4.78, 5) is 11.3. The summed E-state index contributed by atoms with van der Waals surface area (Å²) in [6.07, 6.45) is 1.56. The molecule has 0 spiro atoms. The first-order valence-electron chi connectivity index (χ1n) is 6.12. The van der Waals surface area contributed by atoms with Gasteiger partial charge in [-0.05, 0) is 39.2 Å². The Labute approximate surface area is 107 Å². The van der Waals surface area contributed by atoms with Gasteiger partial charge in [0.25, 0.3) is 0 Å². The van der Waals surface area contributed by atoms with E-state index in [1.54, 1.807) is 6.92 Å². The van der Waals surface area contributed by atoms with Crippen LogP contribution in [0.4, 0.5) is 0 Å². The van der Waals surface area contributed by atoms with E-state index < -0.39 is 16.6 Å². The third kappa shape index (κ3) is 7.51. The van der Waals surface area contributed by atoms with Crippen LogP contribution in [0.1, 0.15) is 20.3 Å². The molecule has 3 nitrogen and oxygen atoms in total. The fourth-order valence-corrected chi connectivity index (χ4v) is 10.1. The second-order valence-corrected chi connectivity index (χ2v) is 14.4. The fourth-order valence-electron chi connectivity index (χ4n) is 1.79. The van der Waals surface area contributed by atoms with Gasteiger partial charge < -0.3 is 8.85 Å². The van der Waals surface area contributed by atoms with Gasteiger partial charge >= 0.3 is 5.97 Å². The summed E-state index contributed by atoms with van der Waals surface area (Å²) in [6, 6.07) is 1.15. The van der Waals surface area contributed by atoms with Crippen LogP contribution in [0.5, 0.6) is 0 Å². The van der Waals surface area contributed by atoms with Crippen molar-refractivity contribution in [2.24, 2.45) is 0 Å². The summed E-state index contributed by atoms with van der Waals surface area (Å²) in [7, 11) is -3.50. The summed E-state index contributed by atoms with van der Waals surface area (Å²) < 4.78 is 11.5. The van der Waals surface area contributed by atoms with Crippen molar-refractivity contribution in [2.75, 3.05) is 6.23 Å². The standard InChI is InChI=1S/C12H26O3Si2/c1-8-9-16(4,5)15-17(6,7)10-14-12(13)11(2)3/h2,8-10H2,1,3-7H3. The van der Waals surface area contributed by atoms with Crippen molar-refractivity contribution in [3.05, 3.63) is 12.2 Å². The minimum Gasteiger partial charge on any atom is -0.463 e. The minimum atomic E-state index is -1.91. The van der Waals surface area contributed by atoms with Crippen LogP contribution in [0.2, 0.25) is 32.2 Å². The Morgan fingerprint density at radius 3 is 2.12 bits per heavy atom. The fraction of sp³-hybridized carbons (Fsp3) is 0.750. The molecule has 0 rings (SSSR count). The van der Waals surface area contributed by atoms with E-state index in [-0.39, 0.29) is 5.97 Å². The van der Waals surface area contributed by atoms with Crippen molar-refractivity contribution in [3.63, 3.8) is 0 Å². The van der Waals surface area contributed by atoms with Crippen molar-refractivity contribution in [1.29, 1.82) is 0 Å². The van der Waals surface area contributed by atoms with Gasteiger partial charge in [0.2, 0.25) is 8.32 Å². The Hall–Kier alpha value is -0.396. The zero-order valence-electron chi connectivity index (χ0n) is 12.1. The van der Waals surface area contributed by atoms with Crippen LogP contribution in [-0.2, 0) is 13.6 Å². The summed E-state index contributed by atoms with van der Waals surface area (Å²) in [5.41, 5.74) is 0.444. The van der Waals surface area contributed by atoms with Crippen LogP contribution < -0.4 is 0 Å². The van der Waals surface area contributed by atoms with Gasteiger partial charge in [0.15, 0.2) is 8.32 Å². The van der Waals surface area contributed by atoms with E-state index in [0.717, 1.165) is 12.5 Å². The Balaban J connectivity index is 4.29. The molecule has 0 saturated carbocycles. The van der Waals surface area contributed by atoms with E-state index in [9.17, 15) is 4.79 Å². The van der Waals surface area contributed by atoms with Gasteiger partial charge in [-0.25, -0.2) is 4.79 Å². The number of hydrogen-bond acceptors (Lipinski definition) is 3. The number of carbonyl (C=O) groups excluding carboxylic acids is 1. The van der Waals surface area contributed by atoms with Gasteiger partial charge in [-0.3, -0.25) is 0 Å². The van der Waals surface area contributed by atoms with Crippen molar-refractivity contribution in [1.82, 2.24) is 0 Å². The van der Waals surface area contributed by atoms with Gasteiger partial charge in [0.1, 0.15) is 6.23 Å². The van der Waals surface area contributed by atoms with Gasteiger partial charge in [0, 0.05) is 5.57 Å². The Morgan fingerprint density at radius 2 is 1.71 bits per heavy atom. The van der Waals surface area contributed by atoms with Crippen LogP contribution in [0.3, 0.4) is 0 Å². The van der Waals surface area contributed by atoms with Crippen LogP contribution in [0.15, 0.2) is 12.2 Å². The predicted molar refractivity (Wildman–Crippen MR) is 76.9 cm³/mol. The highest BCUT2D eigenvalue weighted by Gasteiger charge is 2.33. The van der Waals surface area contributed by atoms with Gasteiger partial charge in [-0.15, -0.1) is 0 Å². The quantitative estimate of drug-likeness (QED) is 0.405. The third-order valence-electron chi connectivity index (χ3n) is 2.30. The molecule has 0 saturated heterocycles. The number of carbonyl (C=O) groups is 1. The molecular formula is C12H26O3Si2. The van der Waals surface area contributed by atoms with Crippen molar-refractivity contribution >= 4 is 22.6 Å². The molecule has 0 bridgehead atoms. The molecule has 0 aliphatic rings. The number of rotatable bonds is 7. The molecule has 0 fully saturated rings. The summed E-state index contributed by atoms with van der Waals surface area (Å²) in [6.45, 7) is 16.1. The Bertz CT molecular complexity index is 285. The molecule has 0 amide bonds. The molecule has 0 N–H and O–H groups in total. The second-order valence-electron chi connectivity index (χ2n) is 5.73. The van der Waals surface area contributed by atoms with Gasteiger partial charge in [-0.2, -0.15) is 0 Å². The molecule has 0 aromatic heterocycles. The van der Waals surface area contributed by atoms with Crippen LogP contribution in [0.25, 0.3) is 0 Å². The van der Waals surface area contributed by atoms with Crippen molar-refractivity contribution in [2.45, 2.75) is 52.5 Å². The molecule has 100 valence electrons. The number of ether oxygens (including phenoxy) is 1. The maximum Gasteiger partial charge on any atom is 0.332 e. The molecule has 0 radical (unpaired) electrons. The molecule has 0 unspecified atom stereocenters. The highest BCUT2D eigenvalue weighted by atomic mass is 28.4. The van der Waals surface area contributed by atoms with Gasteiger partial charge in [0.05, 0.1) is 0 Å². The lowest BCUT2D eigenvalue weighted by Gasteiger charge is -2.33. The Morgan fingerprint density at radius 1 is 1.18 bits per heavy atom. The normalized spacial score (nSPS) is 12.4. The van der Waals surface area contributed by atoms with E-state index in [1.165, 1.54) is 0 Å². The van der Waals surface area contributed by atoms with Crippen molar-refractivity contribution in [3.8, 4) is 0 Å². The Kier molecular flexibility index (Phi) is 6.36. The average molecular weight is 275 g/mol. The summed E-state index contributed by atoms with van der Waals surface area (Å²) in [5, 5.41) is 0. The first-order chi connectivity index (χ1) is 7.59. The molecule has 0 heterocycles. The molecular weight excluding hydrogens is 248 g/mol. The molecule has 0 aliphatic carbocycles. The molecule has 0 aromatic rings. The second kappa shape index (κ2) is 6.51. The SMILES string of the molecule is C=C(C)C(=O)OC[Si](C)(C)O[Si](C)(C)CCC. The summed E-state index contributed by atoms with van der Waals surface area (Å²) >= 11 is 0. The van der Waals surface area contributed by atoms with Gasteiger partial charge in [-0.1, -0.05) is 19.9 Å². The van der Waals surface area contributed by atoms with Crippen LogP contribution >= 0.6 is 0 Å². The van der Waals surface area contributed by atoms with E-state index >= 15 is 0 Å². The molecule has 17 heavy (non-hydrogen) atoms. The summed E-state index contributed by atoms with van der Waals surface area (Å²) in [5.74, 6) is -0.316. The highest BCUT2D eigenvalue weighted by molar-refractivity contribution is 6.84. The van der Waals surface area contributed by atoms with Crippen molar-refractivity contribution < 1.29 is 13.6 Å². The van der Waals surface area contributed by atoms with Crippen LogP contribution in [0, 0.1) is 0 Å². The largest absolute Gasteiger partial charge is 0.463 e. The molecule has 0 aromatic carbocycles. The lowest BCUT2D eigenvalue weighted by atomic mass is 10.4. The predicted octanol–water partition coefficient (Wildman–Crippen LogP) is 3.48. The number of hydrogen-bond donors (Lipinski definition) is 0. The van der Waals surface area contributed by atoms with Crippen LogP contribution in [-0.4, -0.2) is 28.8 Å². The number of esters is 1.